The van der Waals surface area contributed by atoms with Gasteiger partial charge in [-0.05, 0) is 18.2 Å². The molecule has 0 atom stereocenters. The van der Waals surface area contributed by atoms with Crippen molar-refractivity contribution in [3.05, 3.63) is 53.9 Å². The average Bonchev–Trinajstić information content (AvgIpc) is 2.39. The summed E-state index contributed by atoms with van der Waals surface area (Å²) in [4.78, 5) is 14.5. The predicted octanol–water partition coefficient (Wildman–Crippen LogP) is 2.56. The molecule has 1 aromatic heterocycles. The molecule has 0 aliphatic rings. The molecule has 17 heavy (non-hydrogen) atoms. The Morgan fingerprint density at radius 2 is 2.12 bits per heavy atom. The summed E-state index contributed by atoms with van der Waals surface area (Å²) in [7, 11) is 0. The number of benzene rings is 1. The lowest BCUT2D eigenvalue weighted by Crippen LogP contribution is -1.90. The van der Waals surface area contributed by atoms with Crippen LogP contribution in [0.25, 0.3) is 0 Å². The average molecular weight is 224 g/mol. The third-order valence-electron chi connectivity index (χ3n) is 2.11. The maximum Gasteiger partial charge on any atom is 0.151 e. The van der Waals surface area contributed by atoms with E-state index in [1.165, 1.54) is 12.4 Å². The van der Waals surface area contributed by atoms with Crippen LogP contribution in [0.3, 0.4) is 0 Å². The Bertz CT molecular complexity index is 588. The first kappa shape index (κ1) is 10.8. The molecule has 0 aliphatic carbocycles. The van der Waals surface area contributed by atoms with Crippen molar-refractivity contribution >= 4 is 6.29 Å². The SMILES string of the molecule is N#Cc1ccccc1Oc1cncc(C=O)c1. The fourth-order valence-electron chi connectivity index (χ4n) is 1.33. The fraction of sp³-hybridized carbons (Fsp3) is 0. The number of nitriles is 1. The van der Waals surface area contributed by atoms with Crippen molar-refractivity contribution in [2.75, 3.05) is 0 Å². The van der Waals surface area contributed by atoms with Crippen molar-refractivity contribution in [2.24, 2.45) is 0 Å². The van der Waals surface area contributed by atoms with Crippen LogP contribution in [0.2, 0.25) is 0 Å². The monoisotopic (exact) mass is 224 g/mol. The van der Waals surface area contributed by atoms with Crippen LogP contribution in [-0.2, 0) is 0 Å². The Hall–Kier alpha value is -2.67. The highest BCUT2D eigenvalue weighted by Crippen LogP contribution is 2.24. The molecular weight excluding hydrogens is 216 g/mol. The number of ether oxygens (including phenoxy) is 1. The normalized spacial score (nSPS) is 9.35. The minimum Gasteiger partial charge on any atom is -0.454 e. The van der Waals surface area contributed by atoms with Gasteiger partial charge < -0.3 is 4.74 Å². The maximum atomic E-state index is 10.6. The number of hydrogen-bond donors (Lipinski definition) is 0. The molecule has 2 aromatic rings. The molecule has 0 spiro atoms. The van der Waals surface area contributed by atoms with Crippen LogP contribution in [0, 0.1) is 11.3 Å². The summed E-state index contributed by atoms with van der Waals surface area (Å²) in [5, 5.41) is 8.90. The van der Waals surface area contributed by atoms with Crippen molar-refractivity contribution < 1.29 is 9.53 Å². The summed E-state index contributed by atoms with van der Waals surface area (Å²) in [5.74, 6) is 0.872. The molecule has 0 radical (unpaired) electrons. The smallest absolute Gasteiger partial charge is 0.151 e. The Morgan fingerprint density at radius 1 is 1.29 bits per heavy atom. The van der Waals surface area contributed by atoms with Crippen LogP contribution in [0.1, 0.15) is 15.9 Å². The van der Waals surface area contributed by atoms with Crippen molar-refractivity contribution in [1.29, 1.82) is 5.26 Å². The Kier molecular flexibility index (Phi) is 3.13. The number of rotatable bonds is 3. The topological polar surface area (TPSA) is 63.0 Å². The quantitative estimate of drug-likeness (QED) is 0.751. The maximum absolute atomic E-state index is 10.6. The molecule has 0 N–H and O–H groups in total. The van der Waals surface area contributed by atoms with E-state index in [0.29, 0.717) is 28.9 Å². The van der Waals surface area contributed by atoms with E-state index >= 15 is 0 Å². The molecule has 0 saturated heterocycles. The summed E-state index contributed by atoms with van der Waals surface area (Å²) in [6.07, 6.45) is 3.62. The number of aldehydes is 1. The number of nitrogens with zero attached hydrogens (tertiary/aromatic N) is 2. The van der Waals surface area contributed by atoms with Crippen LogP contribution in [0.4, 0.5) is 0 Å². The molecule has 4 nitrogen and oxygen atoms in total. The van der Waals surface area contributed by atoms with Gasteiger partial charge >= 0.3 is 0 Å². The molecule has 2 rings (SSSR count). The van der Waals surface area contributed by atoms with E-state index in [-0.39, 0.29) is 0 Å². The van der Waals surface area contributed by atoms with Crippen molar-refractivity contribution in [1.82, 2.24) is 4.98 Å². The van der Waals surface area contributed by atoms with Crippen molar-refractivity contribution in [2.45, 2.75) is 0 Å². The van der Waals surface area contributed by atoms with Crippen LogP contribution in [0.5, 0.6) is 11.5 Å². The summed E-state index contributed by atoms with van der Waals surface area (Å²) in [6, 6.07) is 10.5. The molecule has 82 valence electrons. The van der Waals surface area contributed by atoms with Gasteiger partial charge in [-0.3, -0.25) is 9.78 Å². The number of pyridine rings is 1. The molecular formula is C13H8N2O2. The lowest BCUT2D eigenvalue weighted by Gasteiger charge is -2.06. The molecule has 0 bridgehead atoms. The summed E-state index contributed by atoms with van der Waals surface area (Å²) in [6.45, 7) is 0. The van der Waals surface area contributed by atoms with E-state index in [0.717, 1.165) is 0 Å². The third kappa shape index (κ3) is 2.47. The van der Waals surface area contributed by atoms with Gasteiger partial charge in [-0.2, -0.15) is 5.26 Å². The molecule has 1 aromatic carbocycles. The molecule has 0 saturated carbocycles. The lowest BCUT2D eigenvalue weighted by atomic mass is 10.2. The second-order valence-electron chi connectivity index (χ2n) is 3.28. The van der Waals surface area contributed by atoms with Crippen LogP contribution in [0.15, 0.2) is 42.7 Å². The number of carbonyl (C=O) groups excluding carboxylic acids is 1. The predicted molar refractivity (Wildman–Crippen MR) is 60.9 cm³/mol. The Balaban J connectivity index is 2.31. The fourth-order valence-corrected chi connectivity index (χ4v) is 1.33. The standard InChI is InChI=1S/C13H8N2O2/c14-6-11-3-1-2-4-13(11)17-12-5-10(9-16)7-15-8-12/h1-5,7-9H. The molecule has 1 heterocycles. The summed E-state index contributed by atoms with van der Waals surface area (Å²) < 4.78 is 5.50. The van der Waals surface area contributed by atoms with Gasteiger partial charge in [0.25, 0.3) is 0 Å². The van der Waals surface area contributed by atoms with Gasteiger partial charge in [-0.1, -0.05) is 12.1 Å². The minimum absolute atomic E-state index is 0.428. The number of aromatic nitrogens is 1. The highest BCUT2D eigenvalue weighted by atomic mass is 16.5. The molecule has 0 fully saturated rings. The largest absolute Gasteiger partial charge is 0.454 e. The first-order chi connectivity index (χ1) is 8.33. The van der Waals surface area contributed by atoms with Crippen LogP contribution >= 0.6 is 0 Å². The van der Waals surface area contributed by atoms with Crippen molar-refractivity contribution in [3.63, 3.8) is 0 Å². The zero-order valence-corrected chi connectivity index (χ0v) is 8.83. The Morgan fingerprint density at radius 3 is 2.88 bits per heavy atom. The molecule has 4 heteroatoms. The van der Waals surface area contributed by atoms with Crippen LogP contribution in [-0.4, -0.2) is 11.3 Å². The third-order valence-corrected chi connectivity index (χ3v) is 2.11. The highest BCUT2D eigenvalue weighted by molar-refractivity contribution is 5.74. The van der Waals surface area contributed by atoms with Gasteiger partial charge in [0, 0.05) is 11.8 Å². The Labute approximate surface area is 98.1 Å². The van der Waals surface area contributed by atoms with Gasteiger partial charge in [0.15, 0.2) is 6.29 Å². The van der Waals surface area contributed by atoms with Gasteiger partial charge in [0.1, 0.15) is 17.6 Å². The summed E-state index contributed by atoms with van der Waals surface area (Å²) in [5.41, 5.74) is 0.862. The van der Waals surface area contributed by atoms with E-state index in [1.54, 1.807) is 30.3 Å². The lowest BCUT2D eigenvalue weighted by molar-refractivity contribution is 0.112. The number of para-hydroxylation sites is 1. The van der Waals surface area contributed by atoms with Gasteiger partial charge in [-0.15, -0.1) is 0 Å². The van der Waals surface area contributed by atoms with Gasteiger partial charge in [-0.25, -0.2) is 0 Å². The second-order valence-corrected chi connectivity index (χ2v) is 3.28. The van der Waals surface area contributed by atoms with Gasteiger partial charge in [0.2, 0.25) is 0 Å². The zero-order chi connectivity index (χ0) is 12.1. The first-order valence-electron chi connectivity index (χ1n) is 4.90. The van der Waals surface area contributed by atoms with E-state index in [1.807, 2.05) is 6.07 Å². The second kappa shape index (κ2) is 4.90. The van der Waals surface area contributed by atoms with E-state index < -0.39 is 0 Å². The molecule has 0 unspecified atom stereocenters. The summed E-state index contributed by atoms with van der Waals surface area (Å²) >= 11 is 0. The highest BCUT2D eigenvalue weighted by Gasteiger charge is 2.04. The first-order valence-corrected chi connectivity index (χ1v) is 4.90. The minimum atomic E-state index is 0.428. The van der Waals surface area contributed by atoms with Crippen LogP contribution < -0.4 is 4.74 Å². The van der Waals surface area contributed by atoms with E-state index in [4.69, 9.17) is 10.00 Å². The zero-order valence-electron chi connectivity index (χ0n) is 8.83. The van der Waals surface area contributed by atoms with Crippen molar-refractivity contribution in [3.8, 4) is 17.6 Å². The van der Waals surface area contributed by atoms with E-state index in [9.17, 15) is 4.79 Å². The number of carbonyl (C=O) groups is 1. The van der Waals surface area contributed by atoms with Gasteiger partial charge in [0.05, 0.1) is 11.8 Å². The molecule has 0 amide bonds. The number of hydrogen-bond acceptors (Lipinski definition) is 4. The van der Waals surface area contributed by atoms with E-state index in [2.05, 4.69) is 4.98 Å². The molecule has 0 aliphatic heterocycles.